The van der Waals surface area contributed by atoms with Crippen molar-refractivity contribution in [2.24, 2.45) is 0 Å². The summed E-state index contributed by atoms with van der Waals surface area (Å²) in [5, 5.41) is 12.4. The minimum atomic E-state index is -3.70. The molecule has 1 saturated heterocycles. The molecule has 0 radical (unpaired) electrons. The van der Waals surface area contributed by atoms with Gasteiger partial charge in [0, 0.05) is 5.82 Å². The summed E-state index contributed by atoms with van der Waals surface area (Å²) in [6.45, 7) is 5.21. The van der Waals surface area contributed by atoms with Crippen LogP contribution in [0.3, 0.4) is 0 Å². The maximum absolute atomic E-state index is 12.4. The number of carbonyl (C=O) groups excluding carboxylic acids is 1. The van der Waals surface area contributed by atoms with Crippen molar-refractivity contribution in [2.45, 2.75) is 32.9 Å². The van der Waals surface area contributed by atoms with E-state index in [0.717, 1.165) is 16.3 Å². The number of amides is 1. The fraction of sp³-hybridized carbons (Fsp3) is 0.438. The quantitative estimate of drug-likeness (QED) is 0.378. The van der Waals surface area contributed by atoms with Gasteiger partial charge in [0.15, 0.2) is 0 Å². The molecule has 9 heteroatoms. The van der Waals surface area contributed by atoms with Crippen LogP contribution in [0.25, 0.3) is 0 Å². The van der Waals surface area contributed by atoms with Gasteiger partial charge >= 0.3 is 43.2 Å². The molecule has 0 bridgehead atoms. The first-order valence-electron chi connectivity index (χ1n) is 7.75. The molecule has 0 unspecified atom stereocenters. The van der Waals surface area contributed by atoms with Crippen LogP contribution in [0.5, 0.6) is 0 Å². The number of hydrogen-bond donors (Lipinski definition) is 0. The fourth-order valence-corrected chi connectivity index (χ4v) is 3.85. The third-order valence-electron chi connectivity index (χ3n) is 3.52. The van der Waals surface area contributed by atoms with E-state index in [9.17, 15) is 14.5 Å². The molecule has 0 aromatic heterocycles. The number of carbonyl (C=O) groups is 1. The first-order valence-corrected chi connectivity index (χ1v) is 9.36. The molecule has 1 fully saturated rings. The monoisotopic (exact) mass is 377 g/mol. The Hall–Kier alpha value is -0.820. The minimum absolute atomic E-state index is 0. The van der Waals surface area contributed by atoms with Gasteiger partial charge in [-0.2, -0.15) is 0 Å². The molecule has 2 rings (SSSR count). The molecule has 7 nitrogen and oxygen atoms in total. The molecule has 1 aliphatic rings. The first-order chi connectivity index (χ1) is 11.4. The van der Waals surface area contributed by atoms with E-state index in [1.165, 1.54) is 0 Å². The predicted molar refractivity (Wildman–Crippen MR) is 85.9 cm³/mol. The molecule has 0 N–H and O–H groups in total. The maximum atomic E-state index is 12.4. The molecule has 1 amide bonds. The fourth-order valence-electron chi connectivity index (χ4n) is 2.51. The smallest absolute Gasteiger partial charge is 0.860 e. The van der Waals surface area contributed by atoms with Crippen molar-refractivity contribution in [3.05, 3.63) is 47.6 Å². The van der Waals surface area contributed by atoms with Crippen LogP contribution in [-0.4, -0.2) is 30.2 Å². The van der Waals surface area contributed by atoms with Crippen LogP contribution in [0.15, 0.2) is 42.0 Å². The maximum Gasteiger partial charge on any atom is 1.00 e. The summed E-state index contributed by atoms with van der Waals surface area (Å²) in [4.78, 5) is 13.0. The molecular weight excluding hydrogens is 356 g/mol. The normalized spacial score (nSPS) is 21.0. The van der Waals surface area contributed by atoms with Crippen LogP contribution in [0.2, 0.25) is 0 Å². The average molecular weight is 377 g/mol. The second kappa shape index (κ2) is 9.76. The summed E-state index contributed by atoms with van der Waals surface area (Å²) in [6.07, 6.45) is -1.35. The molecule has 1 aromatic rings. The van der Waals surface area contributed by atoms with Gasteiger partial charge < -0.3 is 18.9 Å². The summed E-state index contributed by atoms with van der Waals surface area (Å²) in [6, 6.07) is 8.59. The van der Waals surface area contributed by atoms with Crippen molar-refractivity contribution in [1.82, 2.24) is 4.90 Å². The molecule has 1 aromatic carbocycles. The second-order valence-electron chi connectivity index (χ2n) is 5.17. The van der Waals surface area contributed by atoms with E-state index in [2.05, 4.69) is 0 Å². The van der Waals surface area contributed by atoms with Gasteiger partial charge in [-0.05, 0) is 32.2 Å². The minimum Gasteiger partial charge on any atom is -0.860 e. The zero-order valence-electron chi connectivity index (χ0n) is 14.9. The van der Waals surface area contributed by atoms with Crippen molar-refractivity contribution < 1.29 is 57.8 Å². The van der Waals surface area contributed by atoms with E-state index in [1.54, 1.807) is 20.8 Å². The van der Waals surface area contributed by atoms with Crippen molar-refractivity contribution in [3.63, 3.8) is 0 Å². The summed E-state index contributed by atoms with van der Waals surface area (Å²) in [5.74, 6) is 0.0849. The van der Waals surface area contributed by atoms with Gasteiger partial charge in [0.1, 0.15) is 6.10 Å². The first kappa shape index (κ1) is 22.2. The van der Waals surface area contributed by atoms with E-state index in [1.807, 2.05) is 30.3 Å². The molecule has 0 aliphatic carbocycles. The van der Waals surface area contributed by atoms with Gasteiger partial charge in [0.2, 0.25) is 0 Å². The van der Waals surface area contributed by atoms with Crippen molar-refractivity contribution >= 4 is 13.7 Å². The molecule has 0 saturated carbocycles. The molecule has 132 valence electrons. The number of hydrogen-bond acceptors (Lipinski definition) is 6. The van der Waals surface area contributed by atoms with Gasteiger partial charge in [0.05, 0.1) is 19.3 Å². The Bertz CT molecular complexity index is 643. The molecule has 1 aliphatic heterocycles. The standard InChI is InChI=1S/C16H22NO6P.Na/c1-4-21-24(20,22-5-2)11-14(18)17-12(3)15(23-16(17)19)13-9-7-6-8-10-13;/h6-12,15,18H,4-5H2,1-3H3;/q;+1/p-1/t12-,15-;/m1./s1. The van der Waals surface area contributed by atoms with Crippen LogP contribution in [0.4, 0.5) is 4.79 Å². The van der Waals surface area contributed by atoms with Gasteiger partial charge in [-0.25, -0.2) is 4.79 Å². The Kier molecular flexibility index (Phi) is 8.68. The number of ether oxygens (including phenoxy) is 1. The summed E-state index contributed by atoms with van der Waals surface area (Å²) >= 11 is 0. The Morgan fingerprint density at radius 3 is 2.36 bits per heavy atom. The Morgan fingerprint density at radius 1 is 1.28 bits per heavy atom. The zero-order chi connectivity index (χ0) is 17.7. The van der Waals surface area contributed by atoms with E-state index in [4.69, 9.17) is 13.8 Å². The third kappa shape index (κ3) is 5.33. The largest absolute Gasteiger partial charge is 1.00 e. The molecule has 0 spiro atoms. The molecule has 1 heterocycles. The Morgan fingerprint density at radius 2 is 1.84 bits per heavy atom. The third-order valence-corrected chi connectivity index (χ3v) is 5.30. The van der Waals surface area contributed by atoms with Crippen LogP contribution >= 0.6 is 7.60 Å². The number of benzene rings is 1. The SMILES string of the molecule is CCOP(=O)(C=C([O-])N1C(=O)O[C@@H](c2ccccc2)[C@H]1C)OCC.[Na+]. The van der Waals surface area contributed by atoms with Gasteiger partial charge in [-0.1, -0.05) is 30.3 Å². The molecule has 2 atom stereocenters. The Labute approximate surface area is 169 Å². The van der Waals surface area contributed by atoms with Crippen LogP contribution in [-0.2, 0) is 18.3 Å². The number of nitrogens with zero attached hydrogens (tertiary/aromatic N) is 1. The van der Waals surface area contributed by atoms with Crippen molar-refractivity contribution in [1.29, 1.82) is 0 Å². The Balaban J connectivity index is 0.00000312. The summed E-state index contributed by atoms with van der Waals surface area (Å²) in [7, 11) is -3.70. The molecule has 25 heavy (non-hydrogen) atoms. The van der Waals surface area contributed by atoms with Crippen LogP contribution < -0.4 is 34.7 Å². The molecular formula is C16H21NNaO6P. The number of rotatable bonds is 7. The van der Waals surface area contributed by atoms with Crippen molar-refractivity contribution in [2.75, 3.05) is 13.2 Å². The van der Waals surface area contributed by atoms with E-state index in [0.29, 0.717) is 0 Å². The van der Waals surface area contributed by atoms with Gasteiger partial charge in [-0.15, -0.1) is 0 Å². The predicted octanol–water partition coefficient (Wildman–Crippen LogP) is -0.00230. The second-order valence-corrected chi connectivity index (χ2v) is 7.02. The van der Waals surface area contributed by atoms with E-state index >= 15 is 0 Å². The number of cyclic esters (lactones) is 1. The van der Waals surface area contributed by atoms with E-state index < -0.39 is 31.7 Å². The van der Waals surface area contributed by atoms with Crippen molar-refractivity contribution in [3.8, 4) is 0 Å². The van der Waals surface area contributed by atoms with E-state index in [-0.39, 0.29) is 42.8 Å². The van der Waals surface area contributed by atoms with Crippen LogP contribution in [0.1, 0.15) is 32.4 Å². The zero-order valence-corrected chi connectivity index (χ0v) is 17.8. The average Bonchev–Trinajstić information content (AvgIpc) is 2.83. The van der Waals surface area contributed by atoms with Gasteiger partial charge in [-0.3, -0.25) is 9.46 Å². The topological polar surface area (TPSA) is 88.1 Å². The van der Waals surface area contributed by atoms with Gasteiger partial charge in [0.25, 0.3) is 0 Å². The van der Waals surface area contributed by atoms with Crippen LogP contribution in [0, 0.1) is 0 Å². The summed E-state index contributed by atoms with van der Waals surface area (Å²) in [5.41, 5.74) is 0.784. The summed E-state index contributed by atoms with van der Waals surface area (Å²) < 4.78 is 27.9.